The number of ketones is 4. The number of rotatable bonds is 5. The van der Waals surface area contributed by atoms with Crippen molar-refractivity contribution in [3.8, 4) is 17.2 Å². The Morgan fingerprint density at radius 2 is 1.49 bits per heavy atom. The van der Waals surface area contributed by atoms with Gasteiger partial charge in [-0.3, -0.25) is 24.0 Å². The molecular weight excluding hydrogens is 618 g/mol. The molecule has 1 spiro atoms. The number of aromatic hydroxyl groups is 3. The highest BCUT2D eigenvalue weighted by Crippen LogP contribution is 2.58. The summed E-state index contributed by atoms with van der Waals surface area (Å²) in [5.41, 5.74) is -7.00. The van der Waals surface area contributed by atoms with Crippen LogP contribution in [-0.4, -0.2) is 89.3 Å². The number of allylic oxidation sites excluding steroid dienone is 2. The lowest BCUT2D eigenvalue weighted by Crippen LogP contribution is -2.40. The average Bonchev–Trinajstić information content (AvgIpc) is 3.51. The first-order chi connectivity index (χ1) is 21.1. The van der Waals surface area contributed by atoms with E-state index in [2.05, 4.69) is 4.98 Å². The summed E-state index contributed by atoms with van der Waals surface area (Å²) in [6.45, 7) is 1.17. The van der Waals surface area contributed by atoms with Crippen molar-refractivity contribution < 1.29 is 59.7 Å². The predicted octanol–water partition coefficient (Wildman–Crippen LogP) is 0.607. The van der Waals surface area contributed by atoms with Gasteiger partial charge in [0.15, 0.2) is 23.1 Å². The first-order valence-electron chi connectivity index (χ1n) is 13.5. The van der Waals surface area contributed by atoms with Gasteiger partial charge < -0.3 is 45.5 Å². The lowest BCUT2D eigenvalue weighted by atomic mass is 9.76. The van der Waals surface area contributed by atoms with Crippen molar-refractivity contribution in [3.63, 3.8) is 0 Å². The van der Waals surface area contributed by atoms with Crippen LogP contribution >= 0.6 is 11.6 Å². The molecule has 0 bridgehead atoms. The van der Waals surface area contributed by atoms with Crippen molar-refractivity contribution >= 4 is 45.5 Å². The van der Waals surface area contributed by atoms with Gasteiger partial charge in [-0.1, -0.05) is 11.6 Å². The summed E-state index contributed by atoms with van der Waals surface area (Å²) < 4.78 is 4.88. The molecule has 1 aromatic heterocycles. The molecule has 8 N–H and O–H groups in total. The monoisotopic (exact) mass is 641 g/mol. The highest BCUT2D eigenvalue weighted by Gasteiger charge is 2.62. The zero-order valence-corrected chi connectivity index (χ0v) is 24.1. The number of aromatic nitrogens is 1. The summed E-state index contributed by atoms with van der Waals surface area (Å²) in [5.74, 6) is -7.61. The van der Waals surface area contributed by atoms with Gasteiger partial charge in [-0.2, -0.15) is 0 Å². The van der Waals surface area contributed by atoms with E-state index < -0.39 is 109 Å². The molecule has 0 aliphatic heterocycles. The summed E-state index contributed by atoms with van der Waals surface area (Å²) in [6, 6.07) is 1.11. The molecule has 14 nitrogen and oxygen atoms in total. The number of carbonyl (C=O) groups excluding carboxylic acids is 4. The van der Waals surface area contributed by atoms with Crippen molar-refractivity contribution in [2.75, 3.05) is 7.11 Å². The van der Waals surface area contributed by atoms with Crippen LogP contribution < -0.4 is 5.56 Å². The summed E-state index contributed by atoms with van der Waals surface area (Å²) >= 11 is 6.68. The van der Waals surface area contributed by atoms with E-state index >= 15 is 0 Å². The van der Waals surface area contributed by atoms with E-state index in [1.807, 2.05) is 0 Å². The Bertz CT molecular complexity index is 2030. The smallest absolute Gasteiger partial charge is 0.259 e. The lowest BCUT2D eigenvalue weighted by Gasteiger charge is -2.25. The maximum atomic E-state index is 14.1. The normalized spacial score (nSPS) is 21.4. The van der Waals surface area contributed by atoms with Gasteiger partial charge in [0, 0.05) is 17.0 Å². The standard InChI is InChI=1S/C30H24ClNO13/c1-7(33)20(35)26(41)21(36)10-5-9-13(29(44)32-10)25(40)18-8(19(9)31)3-4-30(18)27(42)16-17(28(30)43)24(39)15-14(23(16)38)11(34)6-12(45-2)22(15)37/h5-7,20-21,26,33,35-36,38-41H,3-4H2,1-2H3,(H,32,44). The number of aliphatic hydroxyl groups is 4. The number of fused-ring (bicyclic) bond motifs is 5. The van der Waals surface area contributed by atoms with Gasteiger partial charge in [-0.15, -0.1) is 0 Å². The zero-order chi connectivity index (χ0) is 33.0. The second kappa shape index (κ2) is 9.95. The van der Waals surface area contributed by atoms with E-state index in [0.29, 0.717) is 0 Å². The van der Waals surface area contributed by atoms with Crippen LogP contribution in [0, 0.1) is 0 Å². The maximum absolute atomic E-state index is 14.1. The maximum Gasteiger partial charge on any atom is 0.259 e. The Kier molecular flexibility index (Phi) is 6.73. The molecule has 15 heteroatoms. The molecule has 5 unspecified atom stereocenters. The number of hydrogen-bond acceptors (Lipinski definition) is 13. The minimum atomic E-state index is -2.32. The lowest BCUT2D eigenvalue weighted by molar-refractivity contribution is -0.102. The third-order valence-electron chi connectivity index (χ3n) is 8.85. The van der Waals surface area contributed by atoms with E-state index in [4.69, 9.17) is 16.3 Å². The minimum absolute atomic E-state index is 0.0472. The predicted molar refractivity (Wildman–Crippen MR) is 152 cm³/mol. The Morgan fingerprint density at radius 3 is 2.07 bits per heavy atom. The molecule has 0 amide bonds. The number of aliphatic hydroxyl groups excluding tert-OH is 4. The molecule has 2 aromatic carbocycles. The first-order valence-corrected chi connectivity index (χ1v) is 13.9. The van der Waals surface area contributed by atoms with Gasteiger partial charge in [-0.05, 0) is 31.4 Å². The van der Waals surface area contributed by atoms with Crippen molar-refractivity contribution in [2.45, 2.75) is 49.6 Å². The summed E-state index contributed by atoms with van der Waals surface area (Å²) in [4.78, 5) is 69.6. The topological polar surface area (TPSA) is 252 Å². The number of hydrogen-bond donors (Lipinski definition) is 8. The molecule has 3 aliphatic rings. The molecule has 1 heterocycles. The van der Waals surface area contributed by atoms with Crippen LogP contribution in [0.5, 0.6) is 17.2 Å². The first kappa shape index (κ1) is 30.4. The fraction of sp³-hybridized carbons (Fsp3) is 0.300. The van der Waals surface area contributed by atoms with Gasteiger partial charge in [0.1, 0.15) is 41.0 Å². The number of aromatic amines is 1. The zero-order valence-electron chi connectivity index (χ0n) is 23.3. The number of phenols is 3. The number of benzene rings is 2. The van der Waals surface area contributed by atoms with Gasteiger partial charge in [0.2, 0.25) is 5.78 Å². The molecule has 45 heavy (non-hydrogen) atoms. The third kappa shape index (κ3) is 3.74. The van der Waals surface area contributed by atoms with Crippen molar-refractivity contribution in [2.24, 2.45) is 0 Å². The number of H-pyrrole nitrogens is 1. The second-order valence-electron chi connectivity index (χ2n) is 11.2. The molecule has 0 radical (unpaired) electrons. The van der Waals surface area contributed by atoms with Crippen LogP contribution in [0.25, 0.3) is 10.8 Å². The highest BCUT2D eigenvalue weighted by atomic mass is 35.5. The Hall–Kier alpha value is -4.60. The summed E-state index contributed by atoms with van der Waals surface area (Å²) in [7, 11) is 1.09. The molecule has 234 valence electrons. The average molecular weight is 642 g/mol. The fourth-order valence-corrected chi connectivity index (χ4v) is 6.96. The number of Topliss-reactive ketones (excluding diaryl/α,β-unsaturated/α-hetero) is 3. The van der Waals surface area contributed by atoms with E-state index in [9.17, 15) is 59.7 Å². The van der Waals surface area contributed by atoms with Crippen LogP contribution in [0.15, 0.2) is 22.7 Å². The van der Waals surface area contributed by atoms with Crippen LogP contribution in [0.4, 0.5) is 0 Å². The summed E-state index contributed by atoms with van der Waals surface area (Å²) in [6.07, 6.45) is -6.84. The third-order valence-corrected chi connectivity index (χ3v) is 9.28. The highest BCUT2D eigenvalue weighted by molar-refractivity contribution is 6.41. The van der Waals surface area contributed by atoms with Crippen molar-refractivity contribution in [3.05, 3.63) is 72.4 Å². The number of ether oxygens (including phenoxy) is 1. The van der Waals surface area contributed by atoms with Crippen molar-refractivity contribution in [1.82, 2.24) is 4.98 Å². The van der Waals surface area contributed by atoms with Gasteiger partial charge in [0.25, 0.3) is 5.56 Å². The van der Waals surface area contributed by atoms with Gasteiger partial charge in [-0.25, -0.2) is 0 Å². The molecular formula is C30H24ClNO13. The molecule has 3 aromatic rings. The van der Waals surface area contributed by atoms with Gasteiger partial charge >= 0.3 is 0 Å². The van der Waals surface area contributed by atoms with Gasteiger partial charge in [0.05, 0.1) is 51.6 Å². The van der Waals surface area contributed by atoms with E-state index in [1.54, 1.807) is 0 Å². The summed E-state index contributed by atoms with van der Waals surface area (Å²) in [5, 5.41) is 73.3. The molecule has 5 atom stereocenters. The molecule has 0 fully saturated rings. The Morgan fingerprint density at radius 1 is 0.889 bits per heavy atom. The Labute approximate surface area is 256 Å². The van der Waals surface area contributed by atoms with Crippen LogP contribution in [0.2, 0.25) is 5.02 Å². The number of carbonyl (C=O) groups is 4. The van der Waals surface area contributed by atoms with Crippen LogP contribution in [0.3, 0.4) is 0 Å². The molecule has 3 aliphatic carbocycles. The number of halogens is 1. The Balaban J connectivity index is 1.57. The number of phenolic OH excluding ortho intramolecular Hbond substituents is 3. The second-order valence-corrected chi connectivity index (χ2v) is 11.6. The number of nitrogens with one attached hydrogen (secondary N) is 1. The van der Waals surface area contributed by atoms with E-state index in [-0.39, 0.29) is 40.1 Å². The SMILES string of the molecule is COC1=CC(=O)c2c(O)c3c(c(O)c2C1=O)C(=O)C1(CCc2c1c(O)c1c(=O)[nH]c(C(O)C(O)C(O)C(C)O)cc1c2Cl)C3=O. The molecule has 0 saturated carbocycles. The molecule has 6 rings (SSSR count). The van der Waals surface area contributed by atoms with Crippen molar-refractivity contribution in [1.29, 1.82) is 0 Å². The van der Waals surface area contributed by atoms with Crippen LogP contribution in [0.1, 0.15) is 77.7 Å². The van der Waals surface area contributed by atoms with E-state index in [0.717, 1.165) is 19.3 Å². The number of methoxy groups -OCH3 is 1. The van der Waals surface area contributed by atoms with E-state index in [1.165, 1.54) is 6.92 Å². The largest absolute Gasteiger partial charge is 0.507 e. The number of pyridine rings is 1. The molecule has 0 saturated heterocycles. The van der Waals surface area contributed by atoms with Crippen LogP contribution in [-0.2, 0) is 16.6 Å². The quantitative estimate of drug-likeness (QED) is 0.141. The minimum Gasteiger partial charge on any atom is -0.507 e. The fourth-order valence-electron chi connectivity index (χ4n) is 6.62.